The molecule has 0 saturated heterocycles. The van der Waals surface area contributed by atoms with Crippen molar-refractivity contribution in [3.63, 3.8) is 0 Å². The molecule has 1 heteroatoms. The van der Waals surface area contributed by atoms with E-state index in [1.54, 1.807) is 5.56 Å². The van der Waals surface area contributed by atoms with Crippen LogP contribution in [0.2, 0.25) is 0 Å². The maximum Gasteiger partial charge on any atom is -0.00147 e. The quantitative estimate of drug-likeness (QED) is 0.540. The zero-order valence-corrected chi connectivity index (χ0v) is 14.2. The van der Waals surface area contributed by atoms with E-state index in [0.29, 0.717) is 5.92 Å². The highest BCUT2D eigenvalue weighted by Crippen LogP contribution is 2.36. The highest BCUT2D eigenvalue weighted by Gasteiger charge is 2.24. The molecule has 21 heavy (non-hydrogen) atoms. The average molecular weight is 287 g/mol. The fraction of sp³-hybridized carbons (Fsp3) is 0.700. The van der Waals surface area contributed by atoms with E-state index in [-0.39, 0.29) is 0 Å². The van der Waals surface area contributed by atoms with Crippen LogP contribution < -0.4 is 5.32 Å². The Balaban J connectivity index is 2.07. The Morgan fingerprint density at radius 1 is 1.05 bits per heavy atom. The molecule has 0 bridgehead atoms. The summed E-state index contributed by atoms with van der Waals surface area (Å²) in [6, 6.07) is 9.50. The summed E-state index contributed by atoms with van der Waals surface area (Å²) in [5, 5.41) is 3.66. The lowest BCUT2D eigenvalue weighted by atomic mass is 9.81. The summed E-state index contributed by atoms with van der Waals surface area (Å²) < 4.78 is 0. The molecule has 1 nitrogen and oxygen atoms in total. The van der Waals surface area contributed by atoms with Crippen molar-refractivity contribution >= 4 is 0 Å². The molecular weight excluding hydrogens is 254 g/mol. The van der Waals surface area contributed by atoms with E-state index in [4.69, 9.17) is 0 Å². The molecule has 0 radical (unpaired) electrons. The Morgan fingerprint density at radius 3 is 2.43 bits per heavy atom. The van der Waals surface area contributed by atoms with E-state index in [1.807, 2.05) is 0 Å². The first-order valence-corrected chi connectivity index (χ1v) is 9.03. The fourth-order valence-electron chi connectivity index (χ4n) is 3.66. The lowest BCUT2D eigenvalue weighted by molar-refractivity contribution is 0.375. The normalized spacial score (nSPS) is 23.2. The van der Waals surface area contributed by atoms with Crippen LogP contribution in [0.5, 0.6) is 0 Å². The van der Waals surface area contributed by atoms with Gasteiger partial charge in [0.25, 0.3) is 0 Å². The second-order valence-electron chi connectivity index (χ2n) is 7.03. The Labute approximate surface area is 131 Å². The molecule has 1 aliphatic rings. The molecule has 0 heterocycles. The Bertz CT molecular complexity index is 393. The Morgan fingerprint density at radius 2 is 1.76 bits per heavy atom. The monoisotopic (exact) mass is 287 g/mol. The standard InChI is InChI=1S/C20H33N/c1-4-14-21-15-19-8-6-5-7-9-20(19)18-12-10-17(11-13-18)16(2)3/h10-13,16,19-21H,4-9,14-15H2,1-3H3. The highest BCUT2D eigenvalue weighted by molar-refractivity contribution is 5.28. The van der Waals surface area contributed by atoms with Gasteiger partial charge in [-0.1, -0.05) is 64.3 Å². The molecule has 1 aromatic rings. The Kier molecular flexibility index (Phi) is 6.76. The first-order chi connectivity index (χ1) is 10.2. The van der Waals surface area contributed by atoms with E-state index in [1.165, 1.54) is 50.6 Å². The summed E-state index contributed by atoms with van der Waals surface area (Å²) in [7, 11) is 0. The van der Waals surface area contributed by atoms with Crippen molar-refractivity contribution in [1.82, 2.24) is 5.32 Å². The van der Waals surface area contributed by atoms with Crippen LogP contribution in [-0.2, 0) is 0 Å². The summed E-state index contributed by atoms with van der Waals surface area (Å²) in [5.74, 6) is 2.22. The van der Waals surface area contributed by atoms with Crippen molar-refractivity contribution < 1.29 is 0 Å². The third-order valence-electron chi connectivity index (χ3n) is 5.02. The predicted octanol–water partition coefficient (Wildman–Crippen LogP) is 5.47. The van der Waals surface area contributed by atoms with Crippen LogP contribution in [0.1, 0.15) is 82.3 Å². The summed E-state index contributed by atoms with van der Waals surface area (Å²) in [6.07, 6.45) is 8.25. The topological polar surface area (TPSA) is 12.0 Å². The molecule has 1 N–H and O–H groups in total. The predicted molar refractivity (Wildman–Crippen MR) is 93.0 cm³/mol. The first kappa shape index (κ1) is 16.5. The largest absolute Gasteiger partial charge is 0.316 e. The SMILES string of the molecule is CCCNCC1CCCCCC1c1ccc(C(C)C)cc1. The molecule has 118 valence electrons. The van der Waals surface area contributed by atoms with Gasteiger partial charge in [0.1, 0.15) is 0 Å². The Hall–Kier alpha value is -0.820. The molecule has 1 saturated carbocycles. The van der Waals surface area contributed by atoms with Crippen molar-refractivity contribution in [2.45, 2.75) is 71.1 Å². The summed E-state index contributed by atoms with van der Waals surface area (Å²) >= 11 is 0. The number of hydrogen-bond donors (Lipinski definition) is 1. The molecule has 2 unspecified atom stereocenters. The minimum Gasteiger partial charge on any atom is -0.316 e. The number of rotatable bonds is 6. The van der Waals surface area contributed by atoms with Gasteiger partial charge in [0, 0.05) is 0 Å². The summed E-state index contributed by atoms with van der Waals surface area (Å²) in [6.45, 7) is 9.17. The van der Waals surface area contributed by atoms with Crippen LogP contribution in [-0.4, -0.2) is 13.1 Å². The zero-order chi connectivity index (χ0) is 15.1. The first-order valence-electron chi connectivity index (χ1n) is 9.03. The molecular formula is C20H33N. The van der Waals surface area contributed by atoms with Crippen molar-refractivity contribution in [1.29, 1.82) is 0 Å². The number of hydrogen-bond acceptors (Lipinski definition) is 1. The van der Waals surface area contributed by atoms with E-state index in [9.17, 15) is 0 Å². The van der Waals surface area contributed by atoms with Crippen molar-refractivity contribution in [3.8, 4) is 0 Å². The average Bonchev–Trinajstić information content (AvgIpc) is 2.73. The van der Waals surface area contributed by atoms with Gasteiger partial charge < -0.3 is 5.32 Å². The van der Waals surface area contributed by atoms with Crippen LogP contribution in [0, 0.1) is 5.92 Å². The lowest BCUT2D eigenvalue weighted by Gasteiger charge is -2.26. The molecule has 2 atom stereocenters. The van der Waals surface area contributed by atoms with Gasteiger partial charge >= 0.3 is 0 Å². The summed E-state index contributed by atoms with van der Waals surface area (Å²) in [5.41, 5.74) is 3.04. The van der Waals surface area contributed by atoms with Crippen LogP contribution in [0.3, 0.4) is 0 Å². The van der Waals surface area contributed by atoms with Gasteiger partial charge in [-0.15, -0.1) is 0 Å². The zero-order valence-electron chi connectivity index (χ0n) is 14.2. The van der Waals surface area contributed by atoms with Crippen molar-refractivity contribution in [3.05, 3.63) is 35.4 Å². The molecule has 0 spiro atoms. The minimum atomic E-state index is 0.634. The molecule has 0 amide bonds. The molecule has 1 aliphatic carbocycles. The molecule has 2 rings (SSSR count). The third kappa shape index (κ3) is 4.85. The van der Waals surface area contributed by atoms with Gasteiger partial charge in [-0.25, -0.2) is 0 Å². The van der Waals surface area contributed by atoms with Crippen LogP contribution in [0.15, 0.2) is 24.3 Å². The van der Waals surface area contributed by atoms with Crippen molar-refractivity contribution in [2.24, 2.45) is 5.92 Å². The maximum atomic E-state index is 3.66. The number of benzene rings is 1. The second kappa shape index (κ2) is 8.58. The van der Waals surface area contributed by atoms with Crippen molar-refractivity contribution in [2.75, 3.05) is 13.1 Å². The minimum absolute atomic E-state index is 0.634. The maximum absolute atomic E-state index is 3.66. The molecule has 1 fully saturated rings. The van der Waals surface area contributed by atoms with Crippen LogP contribution >= 0.6 is 0 Å². The van der Waals surface area contributed by atoms with E-state index in [0.717, 1.165) is 18.4 Å². The molecule has 0 aromatic heterocycles. The second-order valence-corrected chi connectivity index (χ2v) is 7.03. The fourth-order valence-corrected chi connectivity index (χ4v) is 3.66. The molecule has 0 aliphatic heterocycles. The van der Waals surface area contributed by atoms with Gasteiger partial charge in [-0.05, 0) is 61.2 Å². The van der Waals surface area contributed by atoms with Crippen LogP contribution in [0.25, 0.3) is 0 Å². The smallest absolute Gasteiger partial charge is 0.00147 e. The highest BCUT2D eigenvalue weighted by atomic mass is 14.9. The van der Waals surface area contributed by atoms with Crippen LogP contribution in [0.4, 0.5) is 0 Å². The molecule has 1 aromatic carbocycles. The third-order valence-corrected chi connectivity index (χ3v) is 5.02. The summed E-state index contributed by atoms with van der Waals surface area (Å²) in [4.78, 5) is 0. The van der Waals surface area contributed by atoms with Gasteiger partial charge in [-0.2, -0.15) is 0 Å². The van der Waals surface area contributed by atoms with E-state index in [2.05, 4.69) is 50.4 Å². The van der Waals surface area contributed by atoms with E-state index >= 15 is 0 Å². The number of nitrogens with one attached hydrogen (secondary N) is 1. The van der Waals surface area contributed by atoms with E-state index < -0.39 is 0 Å². The van der Waals surface area contributed by atoms with Gasteiger partial charge in [0.2, 0.25) is 0 Å². The lowest BCUT2D eigenvalue weighted by Crippen LogP contribution is -2.27. The van der Waals surface area contributed by atoms with Gasteiger partial charge in [0.05, 0.1) is 0 Å². The van der Waals surface area contributed by atoms with Gasteiger partial charge in [0.15, 0.2) is 0 Å². The van der Waals surface area contributed by atoms with Gasteiger partial charge in [-0.3, -0.25) is 0 Å².